The van der Waals surface area contributed by atoms with Crippen molar-refractivity contribution in [1.29, 1.82) is 0 Å². The van der Waals surface area contributed by atoms with Gasteiger partial charge in [0.15, 0.2) is 0 Å². The summed E-state index contributed by atoms with van der Waals surface area (Å²) in [7, 11) is -0.979. The number of ether oxygens (including phenoxy) is 1. The molecule has 0 radical (unpaired) electrons. The largest absolute Gasteiger partial charge is 0.495 e. The quantitative estimate of drug-likeness (QED) is 0.769. The number of aliphatic hydroxyl groups excluding tert-OH is 1. The van der Waals surface area contributed by atoms with E-state index in [0.717, 1.165) is 4.31 Å². The molecule has 0 bridgehead atoms. The topological polar surface area (TPSA) is 92.9 Å². The molecule has 0 saturated carbocycles. The van der Waals surface area contributed by atoms with E-state index in [0.29, 0.717) is 10.2 Å². The smallest absolute Gasteiger partial charge is 0.246 e. The van der Waals surface area contributed by atoms with Crippen LogP contribution in [0.1, 0.15) is 0 Å². The molecule has 0 unspecified atom stereocenters. The number of nitrogens with zero attached hydrogens (tertiary/aromatic N) is 1. The number of aliphatic hydroxyl groups is 1. The molecular weight excluding hydrogens is 324 g/mol. The van der Waals surface area contributed by atoms with E-state index in [4.69, 9.17) is 15.6 Å². The van der Waals surface area contributed by atoms with Crippen LogP contribution in [0.25, 0.3) is 0 Å². The fourth-order valence-electron chi connectivity index (χ4n) is 1.34. The Morgan fingerprint density at radius 2 is 2.11 bits per heavy atom. The van der Waals surface area contributed by atoms with Crippen LogP contribution < -0.4 is 10.5 Å². The fraction of sp³-hybridized carbons (Fsp3) is 0.400. The molecule has 0 heterocycles. The van der Waals surface area contributed by atoms with Crippen molar-refractivity contribution in [1.82, 2.24) is 4.31 Å². The molecule has 102 valence electrons. The van der Waals surface area contributed by atoms with Gasteiger partial charge < -0.3 is 15.6 Å². The third-order valence-corrected chi connectivity index (χ3v) is 4.95. The maximum Gasteiger partial charge on any atom is 0.246 e. The van der Waals surface area contributed by atoms with E-state index in [1.165, 1.54) is 26.3 Å². The molecule has 0 saturated heterocycles. The van der Waals surface area contributed by atoms with Crippen LogP contribution in [0.3, 0.4) is 0 Å². The van der Waals surface area contributed by atoms with Gasteiger partial charge in [-0.1, -0.05) is 0 Å². The van der Waals surface area contributed by atoms with Crippen LogP contribution >= 0.6 is 15.9 Å². The van der Waals surface area contributed by atoms with E-state index in [1.807, 2.05) is 0 Å². The van der Waals surface area contributed by atoms with Gasteiger partial charge in [-0.3, -0.25) is 0 Å². The van der Waals surface area contributed by atoms with Gasteiger partial charge in [-0.05, 0) is 28.1 Å². The lowest BCUT2D eigenvalue weighted by molar-refractivity contribution is 0.266. The minimum Gasteiger partial charge on any atom is -0.495 e. The van der Waals surface area contributed by atoms with Crippen LogP contribution in [0.2, 0.25) is 0 Å². The van der Waals surface area contributed by atoms with Crippen molar-refractivity contribution in [3.8, 4) is 5.75 Å². The van der Waals surface area contributed by atoms with E-state index in [1.54, 1.807) is 0 Å². The van der Waals surface area contributed by atoms with Crippen LogP contribution in [0.4, 0.5) is 5.69 Å². The van der Waals surface area contributed by atoms with Crippen molar-refractivity contribution < 1.29 is 18.3 Å². The Kier molecular flexibility index (Phi) is 4.97. The summed E-state index contributed by atoms with van der Waals surface area (Å²) in [5.74, 6) is 0.195. The maximum atomic E-state index is 12.2. The molecule has 3 N–H and O–H groups in total. The lowest BCUT2D eigenvalue weighted by atomic mass is 10.3. The number of anilines is 1. The molecule has 0 spiro atoms. The SMILES string of the molecule is COc1cc(Br)c(N)cc1S(=O)(=O)N(C)CCO. The van der Waals surface area contributed by atoms with E-state index in [-0.39, 0.29) is 23.8 Å². The Morgan fingerprint density at radius 1 is 1.50 bits per heavy atom. The number of benzene rings is 1. The summed E-state index contributed by atoms with van der Waals surface area (Å²) >= 11 is 3.20. The summed E-state index contributed by atoms with van der Waals surface area (Å²) in [5, 5.41) is 8.80. The number of hydrogen-bond acceptors (Lipinski definition) is 5. The molecule has 6 nitrogen and oxygen atoms in total. The third-order valence-electron chi connectivity index (χ3n) is 2.39. The summed E-state index contributed by atoms with van der Waals surface area (Å²) in [6.07, 6.45) is 0. The first-order chi connectivity index (χ1) is 8.34. The zero-order valence-corrected chi connectivity index (χ0v) is 12.5. The molecule has 0 aliphatic carbocycles. The number of halogens is 1. The van der Waals surface area contributed by atoms with Crippen molar-refractivity contribution in [2.24, 2.45) is 0 Å². The minimum absolute atomic E-state index is 0.00144. The molecule has 8 heteroatoms. The Bertz CT molecular complexity index is 533. The van der Waals surface area contributed by atoms with Crippen molar-refractivity contribution in [2.75, 3.05) is 33.0 Å². The van der Waals surface area contributed by atoms with Gasteiger partial charge in [0.2, 0.25) is 10.0 Å². The van der Waals surface area contributed by atoms with Gasteiger partial charge in [0, 0.05) is 23.8 Å². The van der Waals surface area contributed by atoms with E-state index in [2.05, 4.69) is 15.9 Å². The minimum atomic E-state index is -3.74. The number of rotatable bonds is 5. The number of nitrogen functional groups attached to an aromatic ring is 1. The van der Waals surface area contributed by atoms with Gasteiger partial charge in [-0.2, -0.15) is 4.31 Å². The predicted octanol–water partition coefficient (Wildman–Crippen LogP) is 0.653. The molecule has 0 atom stereocenters. The Balaban J connectivity index is 3.36. The average molecular weight is 339 g/mol. The molecule has 1 rings (SSSR count). The molecule has 1 aromatic rings. The van der Waals surface area contributed by atoms with Gasteiger partial charge in [0.05, 0.1) is 13.7 Å². The van der Waals surface area contributed by atoms with Crippen LogP contribution in [0, 0.1) is 0 Å². The fourth-order valence-corrected chi connectivity index (χ4v) is 2.99. The van der Waals surface area contributed by atoms with Crippen molar-refractivity contribution in [3.63, 3.8) is 0 Å². The number of hydrogen-bond donors (Lipinski definition) is 2. The lowest BCUT2D eigenvalue weighted by Crippen LogP contribution is -2.30. The second-order valence-corrected chi connectivity index (χ2v) is 6.44. The van der Waals surface area contributed by atoms with Crippen molar-refractivity contribution >= 4 is 31.6 Å². The van der Waals surface area contributed by atoms with Gasteiger partial charge >= 0.3 is 0 Å². The highest BCUT2D eigenvalue weighted by atomic mass is 79.9. The molecule has 0 aliphatic rings. The molecular formula is C10H15BrN2O4S. The number of methoxy groups -OCH3 is 1. The first kappa shape index (κ1) is 15.2. The summed E-state index contributed by atoms with van der Waals surface area (Å²) in [6.45, 7) is -0.258. The highest BCUT2D eigenvalue weighted by molar-refractivity contribution is 9.10. The van der Waals surface area contributed by atoms with Crippen LogP contribution in [0.15, 0.2) is 21.5 Å². The standard InChI is InChI=1S/C10H15BrN2O4S/c1-13(3-4-14)18(15,16)10-6-8(12)7(11)5-9(10)17-2/h5-6,14H,3-4,12H2,1-2H3. The Labute approximate surface area is 115 Å². The van der Waals surface area contributed by atoms with Crippen molar-refractivity contribution in [3.05, 3.63) is 16.6 Å². The Hall–Kier alpha value is -0.830. The summed E-state index contributed by atoms with van der Waals surface area (Å²) < 4.78 is 31.1. The maximum absolute atomic E-state index is 12.2. The molecule has 0 amide bonds. The highest BCUT2D eigenvalue weighted by Crippen LogP contribution is 2.33. The van der Waals surface area contributed by atoms with E-state index >= 15 is 0 Å². The van der Waals surface area contributed by atoms with Gasteiger partial charge in [-0.15, -0.1) is 0 Å². The first-order valence-electron chi connectivity index (χ1n) is 5.04. The molecule has 0 aromatic heterocycles. The molecule has 0 aliphatic heterocycles. The zero-order valence-electron chi connectivity index (χ0n) is 10.1. The number of sulfonamides is 1. The first-order valence-corrected chi connectivity index (χ1v) is 7.28. The second-order valence-electron chi connectivity index (χ2n) is 3.57. The van der Waals surface area contributed by atoms with Crippen molar-refractivity contribution in [2.45, 2.75) is 4.90 Å². The highest BCUT2D eigenvalue weighted by Gasteiger charge is 2.25. The molecule has 1 aromatic carbocycles. The zero-order chi connectivity index (χ0) is 13.9. The molecule has 18 heavy (non-hydrogen) atoms. The van der Waals surface area contributed by atoms with E-state index in [9.17, 15) is 8.42 Å². The average Bonchev–Trinajstić information content (AvgIpc) is 2.32. The van der Waals surface area contributed by atoms with Crippen LogP contribution in [-0.2, 0) is 10.0 Å². The van der Waals surface area contributed by atoms with Gasteiger partial charge in [-0.25, -0.2) is 8.42 Å². The monoisotopic (exact) mass is 338 g/mol. The molecule has 0 fully saturated rings. The second kappa shape index (κ2) is 5.87. The lowest BCUT2D eigenvalue weighted by Gasteiger charge is -2.18. The number of nitrogens with two attached hydrogens (primary N) is 1. The van der Waals surface area contributed by atoms with Crippen LogP contribution in [0.5, 0.6) is 5.75 Å². The van der Waals surface area contributed by atoms with E-state index < -0.39 is 10.0 Å². The Morgan fingerprint density at radius 3 is 2.61 bits per heavy atom. The third kappa shape index (κ3) is 2.94. The number of likely N-dealkylation sites (N-methyl/N-ethyl adjacent to an activating group) is 1. The summed E-state index contributed by atoms with van der Waals surface area (Å²) in [6, 6.07) is 2.82. The normalized spacial score (nSPS) is 11.8. The predicted molar refractivity (Wildman–Crippen MR) is 72.0 cm³/mol. The van der Waals surface area contributed by atoms with Gasteiger partial charge in [0.1, 0.15) is 10.6 Å². The van der Waals surface area contributed by atoms with Crippen LogP contribution in [-0.4, -0.2) is 45.1 Å². The summed E-state index contributed by atoms with van der Waals surface area (Å²) in [4.78, 5) is -0.0262. The summed E-state index contributed by atoms with van der Waals surface area (Å²) in [5.41, 5.74) is 5.98. The van der Waals surface area contributed by atoms with Gasteiger partial charge in [0.25, 0.3) is 0 Å².